The van der Waals surface area contributed by atoms with Crippen LogP contribution in [0.5, 0.6) is 0 Å². The van der Waals surface area contributed by atoms with Gasteiger partial charge in [0.25, 0.3) is 0 Å². The van der Waals surface area contributed by atoms with E-state index in [9.17, 15) is 0 Å². The molecule has 73 valence electrons. The quantitative estimate of drug-likeness (QED) is 0.656. The molecular formula is C10H15NNaOS. The summed E-state index contributed by atoms with van der Waals surface area (Å²) in [6, 6.07) is 15.9. The fourth-order valence-electron chi connectivity index (χ4n) is 0.663. The van der Waals surface area contributed by atoms with Gasteiger partial charge in [-0.25, -0.2) is 0 Å². The van der Waals surface area contributed by atoms with Gasteiger partial charge in [-0.2, -0.15) is 13.5 Å². The van der Waals surface area contributed by atoms with Crippen LogP contribution in [0.4, 0.5) is 0 Å². The van der Waals surface area contributed by atoms with E-state index in [4.69, 9.17) is 0 Å². The molecule has 0 saturated carbocycles. The van der Waals surface area contributed by atoms with Gasteiger partial charge in [-0.1, -0.05) is 36.4 Å². The number of nitrogens with one attached hydrogen (secondary N) is 1. The first-order valence-corrected chi connectivity index (χ1v) is 3.58. The number of aromatic nitrogens is 1. The summed E-state index contributed by atoms with van der Waals surface area (Å²) in [7, 11) is 0. The normalized spacial score (nSPS) is 6.29. The van der Waals surface area contributed by atoms with Crippen LogP contribution in [0.25, 0.3) is 0 Å². The molecule has 3 N–H and O–H groups in total. The Morgan fingerprint density at radius 2 is 0.857 bits per heavy atom. The Kier molecular flexibility index (Phi) is 21.2. The predicted molar refractivity (Wildman–Crippen MR) is 67.0 cm³/mol. The molecule has 0 amide bonds. The summed E-state index contributed by atoms with van der Waals surface area (Å²) in [6.07, 6.45) is 3.75. The number of rotatable bonds is 0. The van der Waals surface area contributed by atoms with E-state index >= 15 is 0 Å². The maximum absolute atomic E-state index is 2.86. The van der Waals surface area contributed by atoms with Crippen molar-refractivity contribution in [3.8, 4) is 0 Å². The average Bonchev–Trinajstić information content (AvgIpc) is 2.64. The van der Waals surface area contributed by atoms with Crippen molar-refractivity contribution in [1.29, 1.82) is 0 Å². The second-order valence-electron chi connectivity index (χ2n) is 2.04. The Morgan fingerprint density at radius 3 is 1.00 bits per heavy atom. The molecule has 0 unspecified atom stereocenters. The first-order valence-electron chi connectivity index (χ1n) is 3.58. The summed E-state index contributed by atoms with van der Waals surface area (Å²) in [5, 5.41) is 0. The number of H-pyrrole nitrogens is 1. The molecule has 1 radical (unpaired) electrons. The van der Waals surface area contributed by atoms with Gasteiger partial charge in [0.1, 0.15) is 0 Å². The second kappa shape index (κ2) is 15.3. The van der Waals surface area contributed by atoms with Crippen LogP contribution >= 0.6 is 13.5 Å². The molecule has 0 spiro atoms. The van der Waals surface area contributed by atoms with Gasteiger partial charge in [-0.3, -0.25) is 0 Å². The van der Waals surface area contributed by atoms with E-state index in [1.807, 2.05) is 60.9 Å². The third-order valence-corrected chi connectivity index (χ3v) is 1.16. The minimum atomic E-state index is 0. The number of aromatic amines is 1. The fourth-order valence-corrected chi connectivity index (χ4v) is 0.663. The minimum absolute atomic E-state index is 0. The first kappa shape index (κ1) is 19.4. The van der Waals surface area contributed by atoms with Crippen molar-refractivity contribution < 1.29 is 5.48 Å². The van der Waals surface area contributed by atoms with E-state index in [1.165, 1.54) is 0 Å². The molecule has 0 atom stereocenters. The van der Waals surface area contributed by atoms with Gasteiger partial charge in [-0.05, 0) is 12.1 Å². The molecule has 1 heterocycles. The van der Waals surface area contributed by atoms with E-state index in [2.05, 4.69) is 4.98 Å². The maximum Gasteiger partial charge on any atom is 0.000496 e. The molecule has 0 aliphatic carbocycles. The topological polar surface area (TPSA) is 47.3 Å². The van der Waals surface area contributed by atoms with E-state index in [1.54, 1.807) is 0 Å². The fraction of sp³-hybridized carbons (Fsp3) is 0. The summed E-state index contributed by atoms with van der Waals surface area (Å²) in [5.74, 6) is 0. The van der Waals surface area contributed by atoms with Crippen LogP contribution < -0.4 is 0 Å². The maximum atomic E-state index is 2.86. The number of benzene rings is 1. The minimum Gasteiger partial charge on any atom is -0.412 e. The Hall–Kier alpha value is -0.190. The zero-order valence-corrected chi connectivity index (χ0v) is 11.3. The van der Waals surface area contributed by atoms with Crippen LogP contribution in [0.15, 0.2) is 60.9 Å². The van der Waals surface area contributed by atoms with Crippen LogP contribution in [0.1, 0.15) is 0 Å². The summed E-state index contributed by atoms with van der Waals surface area (Å²) in [4.78, 5) is 2.86. The molecule has 2 nitrogen and oxygen atoms in total. The largest absolute Gasteiger partial charge is 0.412 e. The molecule has 0 aliphatic heterocycles. The Bertz CT molecular complexity index is 206. The molecule has 2 aromatic rings. The molecule has 0 bridgehead atoms. The van der Waals surface area contributed by atoms with Gasteiger partial charge in [-0.15, -0.1) is 0 Å². The second-order valence-corrected chi connectivity index (χ2v) is 2.04. The zero-order valence-electron chi connectivity index (χ0n) is 8.27. The summed E-state index contributed by atoms with van der Waals surface area (Å²) < 4.78 is 0. The molecule has 2 rings (SSSR count). The van der Waals surface area contributed by atoms with Crippen molar-refractivity contribution in [3.05, 3.63) is 60.9 Å². The van der Waals surface area contributed by atoms with Crippen molar-refractivity contribution in [2.45, 2.75) is 0 Å². The van der Waals surface area contributed by atoms with Crippen LogP contribution in [-0.2, 0) is 0 Å². The molecule has 1 aromatic heterocycles. The molecule has 1 aromatic carbocycles. The van der Waals surface area contributed by atoms with Crippen LogP contribution in [0.3, 0.4) is 0 Å². The number of hydrogen-bond donors (Lipinski definition) is 1. The zero-order chi connectivity index (χ0) is 7.78. The molecule has 0 aliphatic rings. The standard InChI is InChI=1S/C6H6.C4H5N.Na.H2O.H2S/c1-2-4-6-5-3-1;1-2-4-5-3-1;;;/h1-6H;1-5H;;2*1H2. The third-order valence-electron chi connectivity index (χ3n) is 1.16. The van der Waals surface area contributed by atoms with Crippen molar-refractivity contribution in [2.24, 2.45) is 0 Å². The van der Waals surface area contributed by atoms with Gasteiger partial charge >= 0.3 is 0 Å². The third kappa shape index (κ3) is 11.8. The van der Waals surface area contributed by atoms with E-state index in [0.29, 0.717) is 0 Å². The van der Waals surface area contributed by atoms with Crippen molar-refractivity contribution in [2.75, 3.05) is 0 Å². The Morgan fingerprint density at radius 1 is 0.571 bits per heavy atom. The summed E-state index contributed by atoms with van der Waals surface area (Å²) in [5.41, 5.74) is 0. The Balaban J connectivity index is -0.000000144. The van der Waals surface area contributed by atoms with E-state index in [0.717, 1.165) is 0 Å². The first-order chi connectivity index (χ1) is 5.50. The van der Waals surface area contributed by atoms with Crippen LogP contribution in [0, 0.1) is 0 Å². The van der Waals surface area contributed by atoms with E-state index in [-0.39, 0.29) is 48.5 Å². The molecular weight excluding hydrogens is 205 g/mol. The van der Waals surface area contributed by atoms with Gasteiger partial charge < -0.3 is 10.5 Å². The van der Waals surface area contributed by atoms with Crippen molar-refractivity contribution in [1.82, 2.24) is 4.98 Å². The predicted octanol–water partition coefficient (Wildman–Crippen LogP) is 1.61. The average molecular weight is 220 g/mol. The summed E-state index contributed by atoms with van der Waals surface area (Å²) in [6.45, 7) is 0. The molecule has 0 fully saturated rings. The van der Waals surface area contributed by atoms with Gasteiger partial charge in [0.15, 0.2) is 0 Å². The monoisotopic (exact) mass is 220 g/mol. The molecule has 14 heavy (non-hydrogen) atoms. The molecule has 0 saturated heterocycles. The van der Waals surface area contributed by atoms with Crippen molar-refractivity contribution in [3.63, 3.8) is 0 Å². The van der Waals surface area contributed by atoms with Gasteiger partial charge in [0.05, 0.1) is 0 Å². The smallest absolute Gasteiger partial charge is 0.000496 e. The van der Waals surface area contributed by atoms with Crippen molar-refractivity contribution >= 4 is 43.1 Å². The van der Waals surface area contributed by atoms with E-state index < -0.39 is 0 Å². The number of hydrogen-bond acceptors (Lipinski definition) is 0. The SMILES string of the molecule is O.S.[Na].c1cc[nH]c1.c1ccccc1. The van der Waals surface area contributed by atoms with Gasteiger partial charge in [0, 0.05) is 42.0 Å². The van der Waals surface area contributed by atoms with Crippen LogP contribution in [0.2, 0.25) is 0 Å². The van der Waals surface area contributed by atoms with Crippen LogP contribution in [-0.4, -0.2) is 40.0 Å². The summed E-state index contributed by atoms with van der Waals surface area (Å²) >= 11 is 0. The Labute approximate surface area is 114 Å². The molecule has 4 heteroatoms. The van der Waals surface area contributed by atoms with Gasteiger partial charge in [0.2, 0.25) is 0 Å².